The van der Waals surface area contributed by atoms with Gasteiger partial charge in [0.25, 0.3) is 0 Å². The summed E-state index contributed by atoms with van der Waals surface area (Å²) >= 11 is 5.90. The van der Waals surface area contributed by atoms with E-state index >= 15 is 4.39 Å². The first-order valence-electron chi connectivity index (χ1n) is 11.2. The average molecular weight is 467 g/mol. The number of allylic oxidation sites excluding steroid dienone is 4. The Bertz CT molecular complexity index is 929. The van der Waals surface area contributed by atoms with Crippen LogP contribution < -0.4 is 0 Å². The molecule has 32 heavy (non-hydrogen) atoms. The van der Waals surface area contributed by atoms with Crippen LogP contribution in [0.1, 0.15) is 46.5 Å². The Balaban J connectivity index is 1.81. The van der Waals surface area contributed by atoms with E-state index in [2.05, 4.69) is 6.58 Å². The van der Waals surface area contributed by atoms with Gasteiger partial charge in [-0.3, -0.25) is 9.59 Å². The fourth-order valence-electron chi connectivity index (χ4n) is 7.23. The third-order valence-corrected chi connectivity index (χ3v) is 9.16. The lowest BCUT2D eigenvalue weighted by atomic mass is 9.44. The van der Waals surface area contributed by atoms with Gasteiger partial charge in [0.1, 0.15) is 0 Å². The minimum atomic E-state index is -2.04. The predicted octanol–water partition coefficient (Wildman–Crippen LogP) is 3.47. The molecule has 0 bridgehead atoms. The van der Waals surface area contributed by atoms with Gasteiger partial charge in [-0.15, -0.1) is 11.6 Å². The van der Waals surface area contributed by atoms with Crippen molar-refractivity contribution in [2.75, 3.05) is 12.5 Å². The number of carbonyl (C=O) groups excluding carboxylic acids is 2. The van der Waals surface area contributed by atoms with Crippen LogP contribution >= 0.6 is 11.6 Å². The van der Waals surface area contributed by atoms with Crippen LogP contribution in [-0.4, -0.2) is 57.7 Å². The van der Waals surface area contributed by atoms with Gasteiger partial charge in [0, 0.05) is 16.7 Å². The van der Waals surface area contributed by atoms with E-state index in [-0.39, 0.29) is 25.2 Å². The Morgan fingerprint density at radius 2 is 2.06 bits per heavy atom. The molecule has 0 radical (unpaired) electrons. The number of ketones is 2. The summed E-state index contributed by atoms with van der Waals surface area (Å²) in [6, 6.07) is 0. The van der Waals surface area contributed by atoms with Crippen LogP contribution in [0.3, 0.4) is 0 Å². The van der Waals surface area contributed by atoms with E-state index in [1.807, 2.05) is 0 Å². The van der Waals surface area contributed by atoms with Gasteiger partial charge >= 0.3 is 0 Å². The monoisotopic (exact) mass is 466 g/mol. The molecule has 0 saturated heterocycles. The molecule has 3 fully saturated rings. The van der Waals surface area contributed by atoms with Crippen molar-refractivity contribution in [3.8, 4) is 0 Å². The average Bonchev–Trinajstić information content (AvgIpc) is 2.95. The number of fused-ring (bicyclic) bond motifs is 5. The van der Waals surface area contributed by atoms with E-state index < -0.39 is 57.8 Å². The summed E-state index contributed by atoms with van der Waals surface area (Å²) in [7, 11) is 0. The van der Waals surface area contributed by atoms with E-state index in [9.17, 15) is 19.8 Å². The number of Topliss-reactive ketones (excluding diaryl/α,β-unsaturated/α-hetero) is 1. The highest BCUT2D eigenvalue weighted by atomic mass is 35.5. The number of hydrogen-bond acceptors (Lipinski definition) is 5. The number of rotatable bonds is 5. The molecule has 0 aromatic heterocycles. The summed E-state index contributed by atoms with van der Waals surface area (Å²) < 4.78 is 23.1. The van der Waals surface area contributed by atoms with E-state index in [0.29, 0.717) is 18.4 Å². The molecule has 2 N–H and O–H groups in total. The number of alkyl halides is 2. The highest BCUT2D eigenvalue weighted by Crippen LogP contribution is 2.70. The van der Waals surface area contributed by atoms with Crippen molar-refractivity contribution < 1.29 is 28.9 Å². The number of ether oxygens (including phenoxy) is 1. The normalized spacial score (nSPS) is 47.3. The molecule has 1 unspecified atom stereocenters. The van der Waals surface area contributed by atoms with Crippen LogP contribution in [0.25, 0.3) is 0 Å². The lowest BCUT2D eigenvalue weighted by molar-refractivity contribution is -0.222. The van der Waals surface area contributed by atoms with Gasteiger partial charge in [-0.2, -0.15) is 0 Å². The topological polar surface area (TPSA) is 83.8 Å². The van der Waals surface area contributed by atoms with Crippen LogP contribution in [0, 0.1) is 22.7 Å². The zero-order valence-electron chi connectivity index (χ0n) is 18.9. The summed E-state index contributed by atoms with van der Waals surface area (Å²) in [5.74, 6) is -2.18. The maximum absolute atomic E-state index is 17.1. The largest absolute Gasteiger partial charge is 0.390 e. The van der Waals surface area contributed by atoms with Gasteiger partial charge in [0.05, 0.1) is 24.7 Å². The maximum Gasteiger partial charge on any atom is 0.182 e. The fraction of sp³-hybridized carbons (Fsp3) is 0.680. The molecular formula is C25H32ClFO5. The molecule has 0 heterocycles. The van der Waals surface area contributed by atoms with E-state index in [1.165, 1.54) is 12.2 Å². The first kappa shape index (κ1) is 23.8. The van der Waals surface area contributed by atoms with Gasteiger partial charge < -0.3 is 14.9 Å². The van der Waals surface area contributed by atoms with Gasteiger partial charge in [0.15, 0.2) is 22.8 Å². The number of hydrogen-bond donors (Lipinski definition) is 2. The van der Waals surface area contributed by atoms with Gasteiger partial charge in [0.2, 0.25) is 0 Å². The molecule has 5 nitrogen and oxygen atoms in total. The third-order valence-electron chi connectivity index (χ3n) is 8.91. The number of aliphatic hydroxyl groups excluding tert-OH is 1. The molecule has 0 amide bonds. The summed E-state index contributed by atoms with van der Waals surface area (Å²) in [5, 5.41) is 23.1. The Morgan fingerprint density at radius 1 is 1.38 bits per heavy atom. The lowest BCUT2D eigenvalue weighted by Gasteiger charge is -2.62. The van der Waals surface area contributed by atoms with Crippen molar-refractivity contribution in [2.24, 2.45) is 22.7 Å². The SMILES string of the molecule is C=C(C)CO[C@@H]1C[C@H]2[C@@H]3CCC4=CC(=O)C=C[C@]4(C)C3(F)[C@@H](O)C[C@]2(C)[C@@]1(O)C(=O)CCl. The van der Waals surface area contributed by atoms with Gasteiger partial charge in [-0.25, -0.2) is 4.39 Å². The summed E-state index contributed by atoms with van der Waals surface area (Å²) in [6.45, 7) is 9.26. The van der Waals surface area contributed by atoms with E-state index in [0.717, 1.165) is 5.57 Å². The van der Waals surface area contributed by atoms with Crippen molar-refractivity contribution in [2.45, 2.75) is 69.9 Å². The predicted molar refractivity (Wildman–Crippen MR) is 119 cm³/mol. The van der Waals surface area contributed by atoms with Crippen LogP contribution in [0.5, 0.6) is 0 Å². The maximum atomic E-state index is 17.1. The van der Waals surface area contributed by atoms with Crippen LogP contribution in [0.2, 0.25) is 0 Å². The van der Waals surface area contributed by atoms with Crippen molar-refractivity contribution in [1.29, 1.82) is 0 Å². The summed E-state index contributed by atoms with van der Waals surface area (Å²) in [4.78, 5) is 25.0. The van der Waals surface area contributed by atoms with E-state index in [4.69, 9.17) is 16.3 Å². The molecule has 7 heteroatoms. The second kappa shape index (κ2) is 7.59. The highest BCUT2D eigenvalue weighted by Gasteiger charge is 2.76. The number of halogens is 2. The zero-order chi connectivity index (χ0) is 23.7. The van der Waals surface area contributed by atoms with Crippen molar-refractivity contribution >= 4 is 23.2 Å². The molecule has 4 aliphatic carbocycles. The number of aliphatic hydroxyl groups is 2. The van der Waals surface area contributed by atoms with Crippen molar-refractivity contribution in [1.82, 2.24) is 0 Å². The molecule has 0 spiro atoms. The molecule has 3 saturated carbocycles. The molecule has 4 aliphatic rings. The standard InChI is InChI=1S/C25H32ClFO5/c1-14(2)13-32-21-10-18-17-6-5-15-9-16(28)7-8-22(15,3)24(17,27)19(29)11-23(18,4)25(21,31)20(30)12-26/h7-9,17-19,21,29,31H,1,5-6,10-13H2,2-4H3/t17-,18-,19-,21+,22-,23-,24?,25+/m0/s1. The molecule has 176 valence electrons. The second-order valence-corrected chi connectivity index (χ2v) is 10.8. The molecular weight excluding hydrogens is 435 g/mol. The Kier molecular flexibility index (Phi) is 5.65. The molecule has 4 rings (SSSR count). The van der Waals surface area contributed by atoms with Crippen molar-refractivity contribution in [3.05, 3.63) is 36.0 Å². The minimum Gasteiger partial charge on any atom is -0.390 e. The van der Waals surface area contributed by atoms with Gasteiger partial charge in [-0.05, 0) is 57.6 Å². The fourth-order valence-corrected chi connectivity index (χ4v) is 7.44. The molecule has 0 aromatic carbocycles. The first-order valence-corrected chi connectivity index (χ1v) is 11.8. The second-order valence-electron chi connectivity index (χ2n) is 10.6. The number of carbonyl (C=O) groups is 2. The summed E-state index contributed by atoms with van der Waals surface area (Å²) in [5.41, 5.74) is -4.78. The Labute approximate surface area is 193 Å². The smallest absolute Gasteiger partial charge is 0.182 e. The van der Waals surface area contributed by atoms with Gasteiger partial charge in [-0.1, -0.05) is 30.7 Å². The Hall–Kier alpha value is -1.34. The van der Waals surface area contributed by atoms with Crippen LogP contribution in [0.4, 0.5) is 4.39 Å². The third kappa shape index (κ3) is 2.85. The highest BCUT2D eigenvalue weighted by molar-refractivity contribution is 6.29. The quantitative estimate of drug-likeness (QED) is 0.479. The lowest BCUT2D eigenvalue weighted by Crippen LogP contribution is -2.69. The molecule has 0 aromatic rings. The van der Waals surface area contributed by atoms with Crippen molar-refractivity contribution in [3.63, 3.8) is 0 Å². The zero-order valence-corrected chi connectivity index (χ0v) is 19.6. The first-order chi connectivity index (χ1) is 14.9. The summed E-state index contributed by atoms with van der Waals surface area (Å²) in [6.07, 6.45) is 3.23. The molecule has 8 atom stereocenters. The Morgan fingerprint density at radius 3 is 2.69 bits per heavy atom. The van der Waals surface area contributed by atoms with Crippen LogP contribution in [0.15, 0.2) is 36.0 Å². The molecule has 0 aliphatic heterocycles. The minimum absolute atomic E-state index is 0.110. The van der Waals surface area contributed by atoms with Crippen LogP contribution in [-0.2, 0) is 14.3 Å². The van der Waals surface area contributed by atoms with E-state index in [1.54, 1.807) is 26.8 Å².